The molecule has 0 spiro atoms. The van der Waals surface area contributed by atoms with Crippen LogP contribution in [0.4, 0.5) is 0 Å². The first-order chi connectivity index (χ1) is 8.95. The summed E-state index contributed by atoms with van der Waals surface area (Å²) in [4.78, 5) is 11.4. The average Bonchev–Trinajstić information content (AvgIpc) is 2.74. The van der Waals surface area contributed by atoms with Crippen molar-refractivity contribution in [1.29, 1.82) is 0 Å². The molecule has 0 bridgehead atoms. The zero-order valence-electron chi connectivity index (χ0n) is 11.8. The van der Waals surface area contributed by atoms with Crippen molar-refractivity contribution in [2.45, 2.75) is 32.1 Å². The molecule has 0 radical (unpaired) electrons. The van der Waals surface area contributed by atoms with Crippen LogP contribution in [0.2, 0.25) is 0 Å². The Hall–Kier alpha value is -1.14. The van der Waals surface area contributed by atoms with Gasteiger partial charge in [0.25, 0.3) is 0 Å². The summed E-state index contributed by atoms with van der Waals surface area (Å²) in [5.74, 6) is 0.873. The molecule has 0 fully saturated rings. The third-order valence-electron chi connectivity index (χ3n) is 2.97. The quantitative estimate of drug-likeness (QED) is 0.609. The summed E-state index contributed by atoms with van der Waals surface area (Å²) in [6.07, 6.45) is 2.55. The van der Waals surface area contributed by atoms with Gasteiger partial charge in [-0.05, 0) is 26.0 Å². The topological polar surface area (TPSA) is 68.5 Å². The number of hydrogen-bond acceptors (Lipinski definition) is 5. The predicted molar refractivity (Wildman–Crippen MR) is 74.6 cm³/mol. The van der Waals surface area contributed by atoms with E-state index < -0.39 is 10.8 Å². The van der Waals surface area contributed by atoms with Crippen LogP contribution in [0.1, 0.15) is 35.2 Å². The van der Waals surface area contributed by atoms with E-state index in [1.54, 1.807) is 19.2 Å². The molecule has 1 rings (SSSR count). The van der Waals surface area contributed by atoms with Crippen LogP contribution in [-0.2, 0) is 22.1 Å². The number of rotatable bonds is 7. The second-order valence-electron chi connectivity index (χ2n) is 4.45. The van der Waals surface area contributed by atoms with Crippen LogP contribution in [0.5, 0.6) is 0 Å². The molecule has 2 unspecified atom stereocenters. The smallest absolute Gasteiger partial charge is 0.341 e. The summed E-state index contributed by atoms with van der Waals surface area (Å²) < 4.78 is 21.3. The van der Waals surface area contributed by atoms with E-state index in [1.807, 2.05) is 6.92 Å². The van der Waals surface area contributed by atoms with Crippen molar-refractivity contribution in [3.8, 4) is 0 Å². The average molecular weight is 287 g/mol. The molecular weight excluding hydrogens is 266 g/mol. The van der Waals surface area contributed by atoms with Gasteiger partial charge < -0.3 is 14.5 Å². The van der Waals surface area contributed by atoms with Crippen LogP contribution >= 0.6 is 0 Å². The summed E-state index contributed by atoms with van der Waals surface area (Å²) in [5.41, 5.74) is 0.460. The fourth-order valence-electron chi connectivity index (χ4n) is 1.63. The molecule has 0 aliphatic carbocycles. The largest absolute Gasteiger partial charge is 0.465 e. The number of carbonyl (C=O) groups excluding carboxylic acids is 1. The van der Waals surface area contributed by atoms with E-state index >= 15 is 0 Å². The third kappa shape index (κ3) is 4.80. The summed E-state index contributed by atoms with van der Waals surface area (Å²) in [6, 6.07) is 1.69. The lowest BCUT2D eigenvalue weighted by molar-refractivity contribution is 0.0599. The summed E-state index contributed by atoms with van der Waals surface area (Å²) in [6.45, 7) is 5.00. The number of methoxy groups -OCH3 is 1. The van der Waals surface area contributed by atoms with Gasteiger partial charge in [-0.3, -0.25) is 4.21 Å². The van der Waals surface area contributed by atoms with Gasteiger partial charge >= 0.3 is 5.97 Å². The highest BCUT2D eigenvalue weighted by atomic mass is 32.2. The summed E-state index contributed by atoms with van der Waals surface area (Å²) >= 11 is 0. The molecule has 0 aromatic carbocycles. The maximum atomic E-state index is 11.4. The van der Waals surface area contributed by atoms with Crippen molar-refractivity contribution in [2.75, 3.05) is 19.9 Å². The van der Waals surface area contributed by atoms with Gasteiger partial charge in [0.2, 0.25) is 0 Å². The lowest BCUT2D eigenvalue weighted by Crippen LogP contribution is -2.20. The molecule has 19 heavy (non-hydrogen) atoms. The lowest BCUT2D eigenvalue weighted by Gasteiger charge is -2.08. The van der Waals surface area contributed by atoms with E-state index in [0.717, 1.165) is 13.0 Å². The van der Waals surface area contributed by atoms with Crippen LogP contribution in [0.15, 0.2) is 10.5 Å². The Morgan fingerprint density at radius 2 is 2.26 bits per heavy atom. The van der Waals surface area contributed by atoms with Crippen LogP contribution in [-0.4, -0.2) is 35.3 Å². The Morgan fingerprint density at radius 1 is 1.58 bits per heavy atom. The Morgan fingerprint density at radius 3 is 2.84 bits per heavy atom. The first-order valence-electron chi connectivity index (χ1n) is 6.16. The Kier molecular flexibility index (Phi) is 6.24. The van der Waals surface area contributed by atoms with E-state index in [1.165, 1.54) is 7.11 Å². The Labute approximate surface area is 116 Å². The highest BCUT2D eigenvalue weighted by Gasteiger charge is 2.15. The SMILES string of the molecule is COC(=O)c1cc(CNCCC(C)S(C)=O)oc1C. The highest BCUT2D eigenvalue weighted by molar-refractivity contribution is 7.84. The number of aryl methyl sites for hydroxylation is 1. The molecule has 1 N–H and O–H groups in total. The van der Waals surface area contributed by atoms with Gasteiger partial charge in [-0.1, -0.05) is 6.92 Å². The minimum atomic E-state index is -0.790. The molecule has 0 aliphatic heterocycles. The molecule has 108 valence electrons. The summed E-state index contributed by atoms with van der Waals surface area (Å²) in [7, 11) is 0.556. The third-order valence-corrected chi connectivity index (χ3v) is 4.34. The van der Waals surface area contributed by atoms with Gasteiger partial charge in [-0.2, -0.15) is 0 Å². The lowest BCUT2D eigenvalue weighted by atomic mass is 10.2. The van der Waals surface area contributed by atoms with E-state index in [4.69, 9.17) is 4.42 Å². The molecule has 0 amide bonds. The van der Waals surface area contributed by atoms with E-state index in [9.17, 15) is 9.00 Å². The second-order valence-corrected chi connectivity index (χ2v) is 6.25. The number of esters is 1. The molecule has 5 nitrogen and oxygen atoms in total. The Balaban J connectivity index is 2.42. The molecule has 2 atom stereocenters. The van der Waals surface area contributed by atoms with Gasteiger partial charge in [0.1, 0.15) is 17.1 Å². The molecular formula is C13H21NO4S. The molecule has 0 saturated carbocycles. The normalized spacial score (nSPS) is 14.1. The zero-order valence-corrected chi connectivity index (χ0v) is 12.6. The predicted octanol–water partition coefficient (Wildman–Crippen LogP) is 1.62. The Bertz CT molecular complexity index is 455. The zero-order chi connectivity index (χ0) is 14.4. The standard InChI is InChI=1S/C13H21NO4S/c1-9(19(4)16)5-6-14-8-11-7-12(10(2)18-11)13(15)17-3/h7,9,14H,5-6,8H2,1-4H3. The van der Waals surface area contributed by atoms with Crippen molar-refractivity contribution in [2.24, 2.45) is 0 Å². The number of ether oxygens (including phenoxy) is 1. The maximum absolute atomic E-state index is 11.4. The van der Waals surface area contributed by atoms with Crippen molar-refractivity contribution in [3.05, 3.63) is 23.2 Å². The fourth-order valence-corrected chi connectivity index (χ4v) is 2.08. The number of furan rings is 1. The van der Waals surface area contributed by atoms with Crippen LogP contribution in [0, 0.1) is 6.92 Å². The monoisotopic (exact) mass is 287 g/mol. The summed E-state index contributed by atoms with van der Waals surface area (Å²) in [5, 5.41) is 3.38. The van der Waals surface area contributed by atoms with Crippen molar-refractivity contribution >= 4 is 16.8 Å². The highest BCUT2D eigenvalue weighted by Crippen LogP contribution is 2.15. The molecule has 0 saturated heterocycles. The molecule has 0 aliphatic rings. The van der Waals surface area contributed by atoms with Gasteiger partial charge in [-0.25, -0.2) is 4.79 Å². The van der Waals surface area contributed by atoms with E-state index in [-0.39, 0.29) is 11.2 Å². The maximum Gasteiger partial charge on any atom is 0.341 e. The van der Waals surface area contributed by atoms with Gasteiger partial charge in [0.05, 0.1) is 13.7 Å². The van der Waals surface area contributed by atoms with Crippen molar-refractivity contribution < 1.29 is 18.2 Å². The molecule has 6 heteroatoms. The number of hydrogen-bond donors (Lipinski definition) is 1. The minimum Gasteiger partial charge on any atom is -0.465 e. The molecule has 1 aromatic rings. The first kappa shape index (κ1) is 15.9. The second kappa shape index (κ2) is 7.45. The minimum absolute atomic E-state index is 0.177. The fraction of sp³-hybridized carbons (Fsp3) is 0.615. The van der Waals surface area contributed by atoms with Gasteiger partial charge in [0.15, 0.2) is 0 Å². The number of nitrogens with one attached hydrogen (secondary N) is 1. The van der Waals surface area contributed by atoms with Crippen molar-refractivity contribution in [3.63, 3.8) is 0 Å². The first-order valence-corrected chi connectivity index (χ1v) is 7.78. The van der Waals surface area contributed by atoms with Gasteiger partial charge in [-0.15, -0.1) is 0 Å². The number of carbonyl (C=O) groups is 1. The molecule has 1 heterocycles. The van der Waals surface area contributed by atoms with Crippen LogP contribution in [0.3, 0.4) is 0 Å². The van der Waals surface area contributed by atoms with Gasteiger partial charge in [0, 0.05) is 22.3 Å². The van der Waals surface area contributed by atoms with Crippen molar-refractivity contribution in [1.82, 2.24) is 5.32 Å². The van der Waals surface area contributed by atoms with Crippen LogP contribution < -0.4 is 5.32 Å². The van der Waals surface area contributed by atoms with E-state index in [0.29, 0.717) is 23.6 Å². The van der Waals surface area contributed by atoms with Crippen LogP contribution in [0.25, 0.3) is 0 Å². The van der Waals surface area contributed by atoms with E-state index in [2.05, 4.69) is 10.1 Å². The molecule has 1 aromatic heterocycles.